The Morgan fingerprint density at radius 1 is 1.12 bits per heavy atom. The molecule has 1 aromatic carbocycles. The number of halogens is 2. The van der Waals surface area contributed by atoms with E-state index in [2.05, 4.69) is 5.32 Å². The number of rotatable bonds is 9. The largest absolute Gasteiger partial charge is 0.479 e. The summed E-state index contributed by atoms with van der Waals surface area (Å²) in [7, 11) is -3.50. The first kappa shape index (κ1) is 27.7. The Bertz CT molecular complexity index is 943. The highest BCUT2D eigenvalue weighted by Gasteiger charge is 2.47. The molecule has 0 bridgehead atoms. The first-order chi connectivity index (χ1) is 15.2. The third-order valence-electron chi connectivity index (χ3n) is 4.81. The van der Waals surface area contributed by atoms with Gasteiger partial charge in [-0.15, -0.1) is 0 Å². The number of aliphatic hydroxyl groups excluding tert-OH is 4. The maximum absolute atomic E-state index is 12.0. The van der Waals surface area contributed by atoms with Gasteiger partial charge < -0.3 is 40.3 Å². The van der Waals surface area contributed by atoms with E-state index in [0.717, 1.165) is 6.26 Å². The lowest BCUT2D eigenvalue weighted by atomic mass is 9.99. The standard InChI is InChI=1S/C18H23Cl2NO11S/c1-33(29,30)8-4-2-7(3-5-8)10(22)9(21-16(26)15(19)20)6-31-18-13(25)11(23)12(24)14(32-18)17(27)28/h2-5,9-15,18,22-25H,6H2,1H3,(H,21,26)(H,27,28)/t9-,10-,11?,12?,13?,14?,18?/m1/s1. The van der Waals surface area contributed by atoms with Crippen LogP contribution in [-0.2, 0) is 28.9 Å². The van der Waals surface area contributed by atoms with Crippen molar-refractivity contribution in [1.29, 1.82) is 0 Å². The number of benzene rings is 1. The van der Waals surface area contributed by atoms with Crippen molar-refractivity contribution in [1.82, 2.24) is 5.32 Å². The number of hydrogen-bond donors (Lipinski definition) is 6. The van der Waals surface area contributed by atoms with E-state index in [4.69, 9.17) is 37.8 Å². The van der Waals surface area contributed by atoms with Crippen LogP contribution in [-0.4, -0.2) is 100 Å². The average Bonchev–Trinajstić information content (AvgIpc) is 2.74. The van der Waals surface area contributed by atoms with Gasteiger partial charge >= 0.3 is 5.97 Å². The molecule has 0 spiro atoms. The van der Waals surface area contributed by atoms with Crippen LogP contribution < -0.4 is 5.32 Å². The van der Waals surface area contributed by atoms with Gasteiger partial charge in [0.1, 0.15) is 24.4 Å². The second kappa shape index (κ2) is 11.3. The minimum absolute atomic E-state index is 0.0112. The molecule has 1 amide bonds. The van der Waals surface area contributed by atoms with Gasteiger partial charge in [-0.3, -0.25) is 4.79 Å². The highest BCUT2D eigenvalue weighted by Crippen LogP contribution is 2.25. The Balaban J connectivity index is 2.21. The molecule has 0 saturated carbocycles. The summed E-state index contributed by atoms with van der Waals surface area (Å²) in [6, 6.07) is 3.78. The fourth-order valence-corrected chi connectivity index (χ4v) is 3.75. The number of carboxylic acids is 1. The Labute approximate surface area is 198 Å². The quantitative estimate of drug-likeness (QED) is 0.199. The summed E-state index contributed by atoms with van der Waals surface area (Å²) in [5.74, 6) is -2.53. The topological polar surface area (TPSA) is 200 Å². The number of carboxylic acid groups (broad SMARTS) is 1. The fraction of sp³-hybridized carbons (Fsp3) is 0.556. The molecule has 0 radical (unpaired) electrons. The van der Waals surface area contributed by atoms with Gasteiger partial charge in [0.05, 0.1) is 17.5 Å². The summed E-state index contributed by atoms with van der Waals surface area (Å²) in [5, 5.41) is 51.8. The maximum atomic E-state index is 12.0. The van der Waals surface area contributed by atoms with E-state index in [1.165, 1.54) is 24.3 Å². The second-order valence-electron chi connectivity index (χ2n) is 7.27. The molecule has 7 atom stereocenters. The van der Waals surface area contributed by atoms with E-state index in [1.54, 1.807) is 0 Å². The normalized spacial score (nSPS) is 27.7. The van der Waals surface area contributed by atoms with Crippen molar-refractivity contribution in [2.24, 2.45) is 0 Å². The molecule has 0 aromatic heterocycles. The van der Waals surface area contributed by atoms with Crippen LogP contribution in [0.3, 0.4) is 0 Å². The van der Waals surface area contributed by atoms with E-state index < -0.39 is 76.0 Å². The zero-order valence-corrected chi connectivity index (χ0v) is 19.3. The zero-order chi connectivity index (χ0) is 25.1. The molecule has 1 aliphatic heterocycles. The predicted octanol–water partition coefficient (Wildman–Crippen LogP) is -1.68. The zero-order valence-electron chi connectivity index (χ0n) is 17.0. The predicted molar refractivity (Wildman–Crippen MR) is 112 cm³/mol. The monoisotopic (exact) mass is 531 g/mol. The van der Waals surface area contributed by atoms with E-state index >= 15 is 0 Å². The van der Waals surface area contributed by atoms with Gasteiger partial charge in [0.2, 0.25) is 0 Å². The molecule has 6 N–H and O–H groups in total. The summed E-state index contributed by atoms with van der Waals surface area (Å²) in [6.45, 7) is -0.599. The van der Waals surface area contributed by atoms with Crippen molar-refractivity contribution >= 4 is 44.9 Å². The molecule has 1 saturated heterocycles. The minimum atomic E-state index is -3.50. The van der Waals surface area contributed by atoms with Gasteiger partial charge in [0, 0.05) is 6.26 Å². The van der Waals surface area contributed by atoms with E-state index in [1.807, 2.05) is 0 Å². The molecule has 1 heterocycles. The molecule has 15 heteroatoms. The molecule has 2 rings (SSSR count). The van der Waals surface area contributed by atoms with Gasteiger partial charge in [0.15, 0.2) is 27.1 Å². The summed E-state index contributed by atoms with van der Waals surface area (Å²) in [5.41, 5.74) is 0.168. The number of alkyl halides is 2. The second-order valence-corrected chi connectivity index (χ2v) is 10.4. The van der Waals surface area contributed by atoms with E-state index in [9.17, 15) is 38.4 Å². The Hall–Kier alpha value is -1.55. The third-order valence-corrected chi connectivity index (χ3v) is 6.33. The van der Waals surface area contributed by atoms with E-state index in [-0.39, 0.29) is 10.5 Å². The van der Waals surface area contributed by atoms with Crippen LogP contribution >= 0.6 is 23.2 Å². The van der Waals surface area contributed by atoms with Gasteiger partial charge in [-0.2, -0.15) is 0 Å². The van der Waals surface area contributed by atoms with Crippen LogP contribution in [0.1, 0.15) is 11.7 Å². The number of carbonyl (C=O) groups is 2. The fourth-order valence-electron chi connectivity index (χ4n) is 2.99. The van der Waals surface area contributed by atoms with Crippen LogP contribution in [0.4, 0.5) is 0 Å². The van der Waals surface area contributed by atoms with Gasteiger partial charge in [-0.25, -0.2) is 13.2 Å². The van der Waals surface area contributed by atoms with Crippen LogP contribution in [0.25, 0.3) is 0 Å². The lowest BCUT2D eigenvalue weighted by Crippen LogP contribution is -2.61. The number of nitrogens with one attached hydrogen (secondary N) is 1. The number of hydrogen-bond acceptors (Lipinski definition) is 10. The number of amides is 1. The van der Waals surface area contributed by atoms with Gasteiger partial charge in [0.25, 0.3) is 5.91 Å². The lowest BCUT2D eigenvalue weighted by molar-refractivity contribution is -0.295. The maximum Gasteiger partial charge on any atom is 0.335 e. The number of ether oxygens (including phenoxy) is 2. The van der Waals surface area contributed by atoms with Gasteiger partial charge in [-0.1, -0.05) is 35.3 Å². The van der Waals surface area contributed by atoms with Crippen molar-refractivity contribution in [2.45, 2.75) is 52.6 Å². The Kier molecular flexibility index (Phi) is 9.44. The van der Waals surface area contributed by atoms with Crippen LogP contribution in [0, 0.1) is 0 Å². The molecule has 186 valence electrons. The Morgan fingerprint density at radius 2 is 1.70 bits per heavy atom. The molecule has 0 aliphatic carbocycles. The van der Waals surface area contributed by atoms with Crippen molar-refractivity contribution < 1.29 is 53.0 Å². The van der Waals surface area contributed by atoms with E-state index in [0.29, 0.717) is 0 Å². The van der Waals surface area contributed by atoms with Crippen LogP contribution in [0.15, 0.2) is 29.2 Å². The molecular formula is C18H23Cl2NO11S. The smallest absolute Gasteiger partial charge is 0.335 e. The first-order valence-corrected chi connectivity index (χ1v) is 12.1. The minimum Gasteiger partial charge on any atom is -0.479 e. The van der Waals surface area contributed by atoms with Crippen molar-refractivity contribution in [3.8, 4) is 0 Å². The van der Waals surface area contributed by atoms with Crippen LogP contribution in [0.2, 0.25) is 0 Å². The molecular weight excluding hydrogens is 509 g/mol. The number of aliphatic carboxylic acids is 1. The van der Waals surface area contributed by atoms with Crippen LogP contribution in [0.5, 0.6) is 0 Å². The third kappa shape index (κ3) is 6.97. The summed E-state index contributed by atoms with van der Waals surface area (Å²) >= 11 is 11.1. The number of aliphatic hydroxyl groups is 4. The number of sulfone groups is 1. The average molecular weight is 532 g/mol. The molecule has 5 unspecified atom stereocenters. The van der Waals surface area contributed by atoms with Gasteiger partial charge in [-0.05, 0) is 17.7 Å². The Morgan fingerprint density at radius 3 is 2.18 bits per heavy atom. The summed E-state index contributed by atoms with van der Waals surface area (Å²) < 4.78 is 33.5. The lowest BCUT2D eigenvalue weighted by Gasteiger charge is -2.39. The highest BCUT2D eigenvalue weighted by molar-refractivity contribution is 7.90. The number of carbonyl (C=O) groups excluding carboxylic acids is 1. The molecule has 1 fully saturated rings. The summed E-state index contributed by atoms with van der Waals surface area (Å²) in [6.07, 6.45) is -9.85. The summed E-state index contributed by atoms with van der Waals surface area (Å²) in [4.78, 5) is 21.7. The molecule has 12 nitrogen and oxygen atoms in total. The van der Waals surface area contributed by atoms with Crippen molar-refractivity contribution in [2.75, 3.05) is 12.9 Å². The SMILES string of the molecule is CS(=O)(=O)c1ccc([C@@H](O)[C@@H](COC2OC(C(=O)O)C(O)C(O)C2O)NC(=O)C(Cl)Cl)cc1. The van der Waals surface area contributed by atoms with Crippen molar-refractivity contribution in [3.05, 3.63) is 29.8 Å². The molecule has 33 heavy (non-hydrogen) atoms. The first-order valence-electron chi connectivity index (χ1n) is 9.34. The van der Waals surface area contributed by atoms with Crippen molar-refractivity contribution in [3.63, 3.8) is 0 Å². The highest BCUT2D eigenvalue weighted by atomic mass is 35.5. The molecule has 1 aromatic rings. The molecule has 1 aliphatic rings.